The van der Waals surface area contributed by atoms with Crippen molar-refractivity contribution in [2.75, 3.05) is 20.1 Å². The number of carbonyl (C=O) groups is 1. The Labute approximate surface area is 111 Å². The van der Waals surface area contributed by atoms with E-state index < -0.39 is 23.1 Å². The molecule has 1 aliphatic heterocycles. The van der Waals surface area contributed by atoms with Crippen molar-refractivity contribution < 1.29 is 13.6 Å². The van der Waals surface area contributed by atoms with E-state index >= 15 is 0 Å². The van der Waals surface area contributed by atoms with Crippen molar-refractivity contribution in [3.05, 3.63) is 35.4 Å². The van der Waals surface area contributed by atoms with Gasteiger partial charge in [0.25, 0.3) is 5.91 Å². The summed E-state index contributed by atoms with van der Waals surface area (Å²) in [5.74, 6) is -2.16. The molecule has 1 N–H and O–H groups in total. The first-order chi connectivity index (χ1) is 8.97. The number of carbonyl (C=O) groups excluding carboxylic acids is 1. The zero-order chi connectivity index (χ0) is 14.0. The molecule has 0 aromatic heterocycles. The Kier molecular flexibility index (Phi) is 3.85. The normalized spacial score (nSPS) is 18.4. The van der Waals surface area contributed by atoms with E-state index in [1.165, 1.54) is 11.0 Å². The average Bonchev–Trinajstić information content (AvgIpc) is 2.39. The standard InChI is InChI=1S/C14H18F2N2O/c1-14(17-2)6-8-18(9-7-14)13(19)12-10(15)4-3-5-11(12)16/h3-5,17H,6-9H2,1-2H3. The smallest absolute Gasteiger partial charge is 0.259 e. The van der Waals surface area contributed by atoms with Crippen LogP contribution in [0.3, 0.4) is 0 Å². The number of hydrogen-bond acceptors (Lipinski definition) is 2. The lowest BCUT2D eigenvalue weighted by molar-refractivity contribution is 0.0652. The monoisotopic (exact) mass is 268 g/mol. The fourth-order valence-electron chi connectivity index (χ4n) is 2.31. The average molecular weight is 268 g/mol. The van der Waals surface area contributed by atoms with Gasteiger partial charge in [-0.2, -0.15) is 0 Å². The molecule has 1 fully saturated rings. The zero-order valence-electron chi connectivity index (χ0n) is 11.2. The summed E-state index contributed by atoms with van der Waals surface area (Å²) in [6.07, 6.45) is 1.54. The van der Waals surface area contributed by atoms with Crippen LogP contribution in [0.25, 0.3) is 0 Å². The largest absolute Gasteiger partial charge is 0.338 e. The molecule has 2 rings (SSSR count). The molecule has 0 radical (unpaired) electrons. The fourth-order valence-corrected chi connectivity index (χ4v) is 2.31. The Hall–Kier alpha value is -1.49. The van der Waals surface area contributed by atoms with Gasteiger partial charge >= 0.3 is 0 Å². The van der Waals surface area contributed by atoms with Crippen LogP contribution in [0.1, 0.15) is 30.1 Å². The van der Waals surface area contributed by atoms with Crippen molar-refractivity contribution in [2.45, 2.75) is 25.3 Å². The number of benzene rings is 1. The molecule has 1 aromatic carbocycles. The van der Waals surface area contributed by atoms with Crippen LogP contribution >= 0.6 is 0 Å². The van der Waals surface area contributed by atoms with E-state index in [1.807, 2.05) is 7.05 Å². The molecule has 1 aliphatic rings. The van der Waals surface area contributed by atoms with Crippen molar-refractivity contribution >= 4 is 5.91 Å². The van der Waals surface area contributed by atoms with E-state index in [4.69, 9.17) is 0 Å². The van der Waals surface area contributed by atoms with Gasteiger partial charge in [0.05, 0.1) is 0 Å². The van der Waals surface area contributed by atoms with E-state index in [0.717, 1.165) is 25.0 Å². The van der Waals surface area contributed by atoms with Crippen LogP contribution in [0, 0.1) is 11.6 Å². The van der Waals surface area contributed by atoms with Crippen LogP contribution in [0.4, 0.5) is 8.78 Å². The summed E-state index contributed by atoms with van der Waals surface area (Å²) in [4.78, 5) is 13.7. The predicted molar refractivity (Wildman–Crippen MR) is 69.0 cm³/mol. The van der Waals surface area contributed by atoms with Crippen LogP contribution in [0.2, 0.25) is 0 Å². The molecule has 19 heavy (non-hydrogen) atoms. The minimum atomic E-state index is -0.799. The highest BCUT2D eigenvalue weighted by Gasteiger charge is 2.32. The third kappa shape index (κ3) is 2.76. The molecular weight excluding hydrogens is 250 g/mol. The quantitative estimate of drug-likeness (QED) is 0.891. The number of likely N-dealkylation sites (tertiary alicyclic amines) is 1. The molecule has 0 atom stereocenters. The summed E-state index contributed by atoms with van der Waals surface area (Å²) in [6.45, 7) is 3.09. The number of amides is 1. The Morgan fingerprint density at radius 3 is 2.26 bits per heavy atom. The van der Waals surface area contributed by atoms with Crippen LogP contribution in [0.5, 0.6) is 0 Å². The molecule has 1 saturated heterocycles. The number of nitrogens with one attached hydrogen (secondary N) is 1. The maximum absolute atomic E-state index is 13.6. The zero-order valence-corrected chi connectivity index (χ0v) is 11.2. The maximum Gasteiger partial charge on any atom is 0.259 e. The minimum absolute atomic E-state index is 0.00937. The fraction of sp³-hybridized carbons (Fsp3) is 0.500. The molecule has 1 heterocycles. The summed E-state index contributed by atoms with van der Waals surface area (Å²) in [5.41, 5.74) is -0.458. The van der Waals surface area contributed by atoms with Crippen molar-refractivity contribution in [3.63, 3.8) is 0 Å². The van der Waals surface area contributed by atoms with Crippen molar-refractivity contribution in [3.8, 4) is 0 Å². The first-order valence-corrected chi connectivity index (χ1v) is 6.39. The van der Waals surface area contributed by atoms with Gasteiger partial charge in [-0.25, -0.2) is 8.78 Å². The van der Waals surface area contributed by atoms with E-state index in [1.54, 1.807) is 0 Å². The second kappa shape index (κ2) is 5.25. The Morgan fingerprint density at radius 1 is 1.26 bits per heavy atom. The molecule has 0 unspecified atom stereocenters. The van der Waals surface area contributed by atoms with Gasteiger partial charge < -0.3 is 10.2 Å². The second-order valence-corrected chi connectivity index (χ2v) is 5.20. The highest BCUT2D eigenvalue weighted by molar-refractivity contribution is 5.94. The molecule has 3 nitrogen and oxygen atoms in total. The van der Waals surface area contributed by atoms with Gasteiger partial charge in [0.2, 0.25) is 0 Å². The third-order valence-corrected chi connectivity index (χ3v) is 3.93. The summed E-state index contributed by atoms with van der Waals surface area (Å²) >= 11 is 0. The molecule has 0 aliphatic carbocycles. The van der Waals surface area contributed by atoms with E-state index in [0.29, 0.717) is 13.1 Å². The number of piperidine rings is 1. The predicted octanol–water partition coefficient (Wildman–Crippen LogP) is 2.18. The molecule has 1 amide bonds. The lowest BCUT2D eigenvalue weighted by Gasteiger charge is -2.39. The van der Waals surface area contributed by atoms with Crippen LogP contribution in [0.15, 0.2) is 18.2 Å². The summed E-state index contributed by atoms with van der Waals surface area (Å²) in [6, 6.07) is 3.48. The lowest BCUT2D eigenvalue weighted by Crippen LogP contribution is -2.51. The minimum Gasteiger partial charge on any atom is -0.338 e. The number of rotatable bonds is 2. The van der Waals surface area contributed by atoms with E-state index in [-0.39, 0.29) is 5.54 Å². The Bertz CT molecular complexity index is 462. The summed E-state index contributed by atoms with van der Waals surface area (Å²) in [7, 11) is 1.88. The van der Waals surface area contributed by atoms with Gasteiger partial charge in [-0.15, -0.1) is 0 Å². The van der Waals surface area contributed by atoms with Gasteiger partial charge in [-0.1, -0.05) is 6.07 Å². The summed E-state index contributed by atoms with van der Waals surface area (Å²) in [5, 5.41) is 3.22. The van der Waals surface area contributed by atoms with Crippen molar-refractivity contribution in [2.24, 2.45) is 0 Å². The topological polar surface area (TPSA) is 32.3 Å². The van der Waals surface area contributed by atoms with Crippen LogP contribution in [-0.4, -0.2) is 36.5 Å². The Balaban J connectivity index is 2.14. The molecule has 104 valence electrons. The number of nitrogens with zero attached hydrogens (tertiary/aromatic N) is 1. The second-order valence-electron chi connectivity index (χ2n) is 5.20. The summed E-state index contributed by atoms with van der Waals surface area (Å²) < 4.78 is 27.1. The van der Waals surface area contributed by atoms with Gasteiger partial charge in [0, 0.05) is 18.6 Å². The van der Waals surface area contributed by atoms with E-state index in [9.17, 15) is 13.6 Å². The van der Waals surface area contributed by atoms with Gasteiger partial charge in [0.1, 0.15) is 17.2 Å². The van der Waals surface area contributed by atoms with Gasteiger partial charge in [-0.3, -0.25) is 4.79 Å². The SMILES string of the molecule is CNC1(C)CCN(C(=O)c2c(F)cccc2F)CC1. The molecule has 1 aromatic rings. The van der Waals surface area contributed by atoms with E-state index in [2.05, 4.69) is 12.2 Å². The molecule has 0 saturated carbocycles. The highest BCUT2D eigenvalue weighted by Crippen LogP contribution is 2.23. The molecule has 5 heteroatoms. The lowest BCUT2D eigenvalue weighted by atomic mass is 9.89. The van der Waals surface area contributed by atoms with Gasteiger partial charge in [-0.05, 0) is 38.9 Å². The number of halogens is 2. The first kappa shape index (κ1) is 13.9. The highest BCUT2D eigenvalue weighted by atomic mass is 19.1. The Morgan fingerprint density at radius 2 is 1.79 bits per heavy atom. The maximum atomic E-state index is 13.6. The molecule has 0 spiro atoms. The van der Waals surface area contributed by atoms with Gasteiger partial charge in [0.15, 0.2) is 0 Å². The molecule has 0 bridgehead atoms. The number of hydrogen-bond donors (Lipinski definition) is 1. The third-order valence-electron chi connectivity index (χ3n) is 3.93. The molecular formula is C14H18F2N2O. The van der Waals surface area contributed by atoms with Crippen molar-refractivity contribution in [1.29, 1.82) is 0 Å². The van der Waals surface area contributed by atoms with Crippen LogP contribution in [-0.2, 0) is 0 Å². The van der Waals surface area contributed by atoms with Crippen molar-refractivity contribution in [1.82, 2.24) is 10.2 Å². The van der Waals surface area contributed by atoms with Crippen LogP contribution < -0.4 is 5.32 Å². The first-order valence-electron chi connectivity index (χ1n) is 6.39.